The number of aliphatic carboxylic acids is 1. The van der Waals surface area contributed by atoms with Crippen LogP contribution in [0.25, 0.3) is 11.1 Å². The highest BCUT2D eigenvalue weighted by Gasteiger charge is 2.30. The molecular formula is C21H22N2O3. The van der Waals surface area contributed by atoms with Crippen LogP contribution in [0.5, 0.6) is 5.75 Å². The Labute approximate surface area is 152 Å². The molecule has 1 N–H and O–H groups in total. The van der Waals surface area contributed by atoms with Gasteiger partial charge in [-0.1, -0.05) is 42.5 Å². The van der Waals surface area contributed by atoms with E-state index in [4.69, 9.17) is 4.74 Å². The summed E-state index contributed by atoms with van der Waals surface area (Å²) in [6, 6.07) is 17.4. The maximum absolute atomic E-state index is 11.6. The summed E-state index contributed by atoms with van der Waals surface area (Å²) < 4.78 is 7.83. The van der Waals surface area contributed by atoms with Gasteiger partial charge in [-0.05, 0) is 37.1 Å². The van der Waals surface area contributed by atoms with Crippen molar-refractivity contribution in [2.45, 2.75) is 25.8 Å². The van der Waals surface area contributed by atoms with Crippen molar-refractivity contribution >= 4 is 5.97 Å². The van der Waals surface area contributed by atoms with E-state index in [1.165, 1.54) is 0 Å². The molecule has 5 nitrogen and oxygen atoms in total. The third-order valence-electron chi connectivity index (χ3n) is 4.46. The minimum atomic E-state index is -0.991. The highest BCUT2D eigenvalue weighted by Crippen LogP contribution is 2.35. The topological polar surface area (TPSA) is 64.3 Å². The second kappa shape index (κ2) is 7.44. The monoisotopic (exact) mass is 350 g/mol. The summed E-state index contributed by atoms with van der Waals surface area (Å²) >= 11 is 0. The molecule has 0 atom stereocenters. The lowest BCUT2D eigenvalue weighted by molar-refractivity contribution is -0.142. The van der Waals surface area contributed by atoms with Gasteiger partial charge < -0.3 is 9.84 Å². The first-order valence-corrected chi connectivity index (χ1v) is 8.52. The molecule has 0 saturated heterocycles. The third-order valence-corrected chi connectivity index (χ3v) is 4.46. The van der Waals surface area contributed by atoms with E-state index in [-0.39, 0.29) is 0 Å². The summed E-state index contributed by atoms with van der Waals surface area (Å²) in [7, 11) is 0. The maximum Gasteiger partial charge on any atom is 0.313 e. The lowest BCUT2D eigenvalue weighted by Crippen LogP contribution is -2.28. The Morgan fingerprint density at radius 3 is 2.58 bits per heavy atom. The smallest absolute Gasteiger partial charge is 0.313 e. The van der Waals surface area contributed by atoms with Gasteiger partial charge in [0.25, 0.3) is 0 Å². The zero-order chi connectivity index (χ0) is 18.6. The fourth-order valence-corrected chi connectivity index (χ4v) is 2.69. The number of ether oxygens (including phenoxy) is 1. The molecule has 0 aliphatic rings. The van der Waals surface area contributed by atoms with Gasteiger partial charge in [0.2, 0.25) is 0 Å². The van der Waals surface area contributed by atoms with Crippen LogP contribution in [0.2, 0.25) is 0 Å². The van der Waals surface area contributed by atoms with Crippen molar-refractivity contribution < 1.29 is 14.6 Å². The van der Waals surface area contributed by atoms with Crippen LogP contribution in [-0.2, 0) is 16.8 Å². The Hall–Kier alpha value is -3.08. The molecule has 0 amide bonds. The number of benzene rings is 2. The van der Waals surface area contributed by atoms with Crippen LogP contribution < -0.4 is 4.74 Å². The zero-order valence-electron chi connectivity index (χ0n) is 14.9. The molecule has 0 aliphatic heterocycles. The fraction of sp³-hybridized carbons (Fsp3) is 0.238. The van der Waals surface area contributed by atoms with E-state index in [1.807, 2.05) is 60.8 Å². The van der Waals surface area contributed by atoms with Crippen LogP contribution in [-0.4, -0.2) is 27.5 Å². The second-order valence-electron chi connectivity index (χ2n) is 6.62. The van der Waals surface area contributed by atoms with Gasteiger partial charge in [-0.15, -0.1) is 0 Å². The van der Waals surface area contributed by atoms with Gasteiger partial charge in [-0.3, -0.25) is 9.48 Å². The van der Waals surface area contributed by atoms with E-state index in [0.717, 1.165) is 11.1 Å². The molecular weight excluding hydrogens is 328 g/mol. The number of carboxylic acid groups (broad SMARTS) is 1. The first-order chi connectivity index (χ1) is 12.5. The number of nitrogens with zero attached hydrogens (tertiary/aromatic N) is 2. The second-order valence-corrected chi connectivity index (χ2v) is 6.62. The predicted molar refractivity (Wildman–Crippen MR) is 100 cm³/mol. The Balaban J connectivity index is 1.92. The minimum absolute atomic E-state index is 0.443. The molecule has 0 saturated carbocycles. The lowest BCUT2D eigenvalue weighted by Gasteiger charge is -2.22. The van der Waals surface area contributed by atoms with Crippen molar-refractivity contribution in [2.75, 3.05) is 6.61 Å². The van der Waals surface area contributed by atoms with Crippen LogP contribution in [0.15, 0.2) is 67.0 Å². The Morgan fingerprint density at radius 2 is 1.92 bits per heavy atom. The Morgan fingerprint density at radius 1 is 1.15 bits per heavy atom. The van der Waals surface area contributed by atoms with Gasteiger partial charge >= 0.3 is 5.97 Å². The predicted octanol–water partition coefficient (Wildman–Crippen LogP) is 3.99. The first-order valence-electron chi connectivity index (χ1n) is 8.52. The summed E-state index contributed by atoms with van der Waals surface area (Å²) in [6.45, 7) is 4.45. The molecule has 3 aromatic rings. The largest absolute Gasteiger partial charge is 0.491 e. The van der Waals surface area contributed by atoms with Crippen molar-refractivity contribution in [3.8, 4) is 16.9 Å². The molecule has 3 rings (SSSR count). The summed E-state index contributed by atoms with van der Waals surface area (Å²) in [5.74, 6) is -0.192. The van der Waals surface area contributed by atoms with Crippen molar-refractivity contribution in [3.05, 3.63) is 72.6 Å². The number of carbonyl (C=O) groups is 1. The minimum Gasteiger partial charge on any atom is -0.491 e. The van der Waals surface area contributed by atoms with Gasteiger partial charge in [0.05, 0.1) is 12.0 Å². The van der Waals surface area contributed by atoms with E-state index in [1.54, 1.807) is 24.7 Å². The van der Waals surface area contributed by atoms with Gasteiger partial charge in [0.1, 0.15) is 12.4 Å². The van der Waals surface area contributed by atoms with E-state index >= 15 is 0 Å². The number of hydrogen-bond donors (Lipinski definition) is 1. The Kier molecular flexibility index (Phi) is 5.07. The first kappa shape index (κ1) is 17.7. The molecule has 2 aromatic carbocycles. The molecule has 0 spiro atoms. The van der Waals surface area contributed by atoms with Gasteiger partial charge in [-0.2, -0.15) is 5.10 Å². The lowest BCUT2D eigenvalue weighted by atomic mass is 9.84. The van der Waals surface area contributed by atoms with Gasteiger partial charge in [-0.25, -0.2) is 0 Å². The van der Waals surface area contributed by atoms with Crippen LogP contribution in [0.3, 0.4) is 0 Å². The number of aromatic nitrogens is 2. The number of rotatable bonds is 7. The number of hydrogen-bond acceptors (Lipinski definition) is 3. The third kappa shape index (κ3) is 3.77. The van der Waals surface area contributed by atoms with Crippen molar-refractivity contribution in [1.29, 1.82) is 0 Å². The van der Waals surface area contributed by atoms with E-state index < -0.39 is 11.4 Å². The quantitative estimate of drug-likeness (QED) is 0.700. The molecule has 0 fully saturated rings. The van der Waals surface area contributed by atoms with Crippen molar-refractivity contribution in [1.82, 2.24) is 9.78 Å². The molecule has 1 heterocycles. The average Bonchev–Trinajstić information content (AvgIpc) is 3.15. The summed E-state index contributed by atoms with van der Waals surface area (Å²) in [4.78, 5) is 11.6. The maximum atomic E-state index is 11.6. The molecule has 0 aliphatic carbocycles. The fourth-order valence-electron chi connectivity index (χ4n) is 2.69. The van der Waals surface area contributed by atoms with Crippen LogP contribution in [0.4, 0.5) is 0 Å². The van der Waals surface area contributed by atoms with Gasteiger partial charge in [0.15, 0.2) is 0 Å². The normalized spacial score (nSPS) is 11.3. The average molecular weight is 350 g/mol. The van der Waals surface area contributed by atoms with E-state index in [9.17, 15) is 9.90 Å². The SMILES string of the molecule is CC(C)(C(=O)O)c1ccc(-c2ccccc2)c(OCCn2cccn2)c1. The van der Waals surface area contributed by atoms with Gasteiger partial charge in [0, 0.05) is 18.0 Å². The molecule has 134 valence electrons. The molecule has 0 radical (unpaired) electrons. The standard InChI is InChI=1S/C21H22N2O3/c1-21(2,20(24)25)17-9-10-18(16-7-4-3-5-8-16)19(15-17)26-14-13-23-12-6-11-22-23/h3-12,15H,13-14H2,1-2H3,(H,24,25). The van der Waals surface area contributed by atoms with Crippen LogP contribution in [0, 0.1) is 0 Å². The molecule has 0 bridgehead atoms. The highest BCUT2D eigenvalue weighted by molar-refractivity contribution is 5.81. The van der Waals surface area contributed by atoms with Crippen LogP contribution >= 0.6 is 0 Å². The van der Waals surface area contributed by atoms with Crippen LogP contribution in [0.1, 0.15) is 19.4 Å². The van der Waals surface area contributed by atoms with E-state index in [2.05, 4.69) is 5.10 Å². The molecule has 1 aromatic heterocycles. The Bertz CT molecular complexity index is 872. The highest BCUT2D eigenvalue weighted by atomic mass is 16.5. The number of carboxylic acids is 1. The summed E-state index contributed by atoms with van der Waals surface area (Å²) in [6.07, 6.45) is 3.61. The molecule has 26 heavy (non-hydrogen) atoms. The summed E-state index contributed by atoms with van der Waals surface area (Å²) in [5, 5.41) is 13.7. The zero-order valence-corrected chi connectivity index (χ0v) is 14.9. The van der Waals surface area contributed by atoms with Crippen molar-refractivity contribution in [3.63, 3.8) is 0 Å². The molecule has 0 unspecified atom stereocenters. The van der Waals surface area contributed by atoms with Crippen molar-refractivity contribution in [2.24, 2.45) is 0 Å². The van der Waals surface area contributed by atoms with E-state index in [0.29, 0.717) is 24.5 Å². The molecule has 5 heteroatoms. The summed E-state index contributed by atoms with van der Waals surface area (Å²) in [5.41, 5.74) is 1.69.